The molecule has 0 radical (unpaired) electrons. The highest BCUT2D eigenvalue weighted by Gasteiger charge is 2.44. The first-order valence-corrected chi connectivity index (χ1v) is 10.0. The van der Waals surface area contributed by atoms with Crippen LogP contribution in [0.25, 0.3) is 5.57 Å². The topological polar surface area (TPSA) is 77.9 Å². The molecule has 1 aromatic carbocycles. The van der Waals surface area contributed by atoms with Crippen molar-refractivity contribution in [3.05, 3.63) is 34.7 Å². The standard InChI is InChI=1S/C19H20N2O4S2/c1-3-4-7-10-20-13-9-6-5-8-12(13)14(16(20)22)15-17(23)21(19(26)27-15)11(2)18(24)25/h5-6,8-9,11H,3-4,7,10H2,1-2H3,(H,24,25)/b15-14-/t11-/m1/s1. The minimum Gasteiger partial charge on any atom is -0.480 e. The van der Waals surface area contributed by atoms with Crippen molar-refractivity contribution in [1.29, 1.82) is 0 Å². The monoisotopic (exact) mass is 404 g/mol. The summed E-state index contributed by atoms with van der Waals surface area (Å²) in [7, 11) is 0. The number of carboxylic acids is 1. The van der Waals surface area contributed by atoms with Gasteiger partial charge in [-0.2, -0.15) is 0 Å². The molecule has 8 heteroatoms. The molecule has 1 fully saturated rings. The molecule has 2 aliphatic heterocycles. The van der Waals surface area contributed by atoms with Gasteiger partial charge in [-0.25, -0.2) is 4.79 Å². The number of unbranched alkanes of at least 4 members (excludes halogenated alkanes) is 2. The third-order valence-electron chi connectivity index (χ3n) is 4.68. The average Bonchev–Trinajstić information content (AvgIpc) is 3.08. The highest BCUT2D eigenvalue weighted by atomic mass is 32.2. The smallest absolute Gasteiger partial charge is 0.326 e. The maximum Gasteiger partial charge on any atom is 0.326 e. The molecular formula is C19H20N2O4S2. The second-order valence-electron chi connectivity index (χ2n) is 6.44. The number of amides is 2. The number of para-hydroxylation sites is 1. The Morgan fingerprint density at radius 1 is 1.22 bits per heavy atom. The Morgan fingerprint density at radius 3 is 2.59 bits per heavy atom. The van der Waals surface area contributed by atoms with Crippen LogP contribution in [0, 0.1) is 0 Å². The van der Waals surface area contributed by atoms with Crippen molar-refractivity contribution in [3.63, 3.8) is 0 Å². The van der Waals surface area contributed by atoms with E-state index in [1.807, 2.05) is 24.3 Å². The molecule has 0 aromatic heterocycles. The molecule has 2 amide bonds. The van der Waals surface area contributed by atoms with Crippen LogP contribution in [-0.2, 0) is 14.4 Å². The molecule has 0 aliphatic carbocycles. The quantitative estimate of drug-likeness (QED) is 0.445. The molecule has 2 heterocycles. The first-order chi connectivity index (χ1) is 12.9. The second-order valence-corrected chi connectivity index (χ2v) is 8.09. The molecule has 0 saturated carbocycles. The molecule has 1 atom stereocenters. The number of fused-ring (bicyclic) bond motifs is 1. The lowest BCUT2D eigenvalue weighted by Crippen LogP contribution is -2.41. The number of anilines is 1. The van der Waals surface area contributed by atoms with Crippen LogP contribution in [0.15, 0.2) is 29.2 Å². The van der Waals surface area contributed by atoms with Gasteiger partial charge in [-0.05, 0) is 19.4 Å². The van der Waals surface area contributed by atoms with E-state index in [0.29, 0.717) is 17.7 Å². The zero-order chi connectivity index (χ0) is 19.7. The number of hydrogen-bond donors (Lipinski definition) is 1. The van der Waals surface area contributed by atoms with E-state index < -0.39 is 17.9 Å². The lowest BCUT2D eigenvalue weighted by Gasteiger charge is -2.19. The number of rotatable bonds is 6. The largest absolute Gasteiger partial charge is 0.480 e. The van der Waals surface area contributed by atoms with Gasteiger partial charge in [-0.3, -0.25) is 14.5 Å². The van der Waals surface area contributed by atoms with Crippen molar-refractivity contribution in [2.45, 2.75) is 39.2 Å². The Labute approximate surface area is 167 Å². The SMILES string of the molecule is CCCCCN1C(=O)/C(=C2\SC(=S)N([C@H](C)C(=O)O)C2=O)c2ccccc21. The first-order valence-electron chi connectivity index (χ1n) is 8.82. The molecule has 3 rings (SSSR count). The summed E-state index contributed by atoms with van der Waals surface area (Å²) in [5.74, 6) is -1.89. The van der Waals surface area contributed by atoms with Crippen molar-refractivity contribution in [3.8, 4) is 0 Å². The molecule has 27 heavy (non-hydrogen) atoms. The molecule has 2 aliphatic rings. The minimum atomic E-state index is -1.14. The van der Waals surface area contributed by atoms with Gasteiger partial charge in [-0.1, -0.05) is 61.9 Å². The summed E-state index contributed by atoms with van der Waals surface area (Å²) in [6.45, 7) is 4.08. The summed E-state index contributed by atoms with van der Waals surface area (Å²) < 4.78 is 0.159. The van der Waals surface area contributed by atoms with E-state index in [9.17, 15) is 19.5 Å². The Bertz CT molecular complexity index is 865. The predicted octanol–water partition coefficient (Wildman–Crippen LogP) is 3.27. The molecule has 1 N–H and O–H groups in total. The molecule has 142 valence electrons. The van der Waals surface area contributed by atoms with Gasteiger partial charge < -0.3 is 10.0 Å². The van der Waals surface area contributed by atoms with Crippen LogP contribution < -0.4 is 4.90 Å². The molecule has 1 saturated heterocycles. The minimum absolute atomic E-state index is 0.159. The van der Waals surface area contributed by atoms with Gasteiger partial charge in [0.15, 0.2) is 0 Å². The number of thiocarbonyl (C=S) groups is 1. The highest BCUT2D eigenvalue weighted by Crippen LogP contribution is 2.45. The van der Waals surface area contributed by atoms with Crippen molar-refractivity contribution < 1.29 is 19.5 Å². The Hall–Kier alpha value is -2.19. The molecular weight excluding hydrogens is 384 g/mol. The van der Waals surface area contributed by atoms with Gasteiger partial charge in [0.25, 0.3) is 11.8 Å². The van der Waals surface area contributed by atoms with Gasteiger partial charge in [-0.15, -0.1) is 0 Å². The summed E-state index contributed by atoms with van der Waals surface area (Å²) in [6.07, 6.45) is 2.93. The van der Waals surface area contributed by atoms with E-state index in [-0.39, 0.29) is 15.1 Å². The molecule has 0 spiro atoms. The fourth-order valence-electron chi connectivity index (χ4n) is 3.22. The third kappa shape index (κ3) is 3.39. The van der Waals surface area contributed by atoms with E-state index in [1.54, 1.807) is 4.90 Å². The number of benzene rings is 1. The zero-order valence-electron chi connectivity index (χ0n) is 15.1. The maximum atomic E-state index is 13.1. The van der Waals surface area contributed by atoms with E-state index in [4.69, 9.17) is 12.2 Å². The fourth-order valence-corrected chi connectivity index (χ4v) is 4.71. The van der Waals surface area contributed by atoms with E-state index in [1.165, 1.54) is 6.92 Å². The van der Waals surface area contributed by atoms with E-state index >= 15 is 0 Å². The lowest BCUT2D eigenvalue weighted by molar-refractivity contribution is -0.144. The molecule has 6 nitrogen and oxygen atoms in total. The number of nitrogens with zero attached hydrogens (tertiary/aromatic N) is 2. The number of carbonyl (C=O) groups excluding carboxylic acids is 2. The van der Waals surface area contributed by atoms with Crippen LogP contribution in [0.4, 0.5) is 5.69 Å². The molecule has 0 bridgehead atoms. The normalized spacial score (nSPS) is 20.4. The first kappa shape index (κ1) is 19.6. The number of hydrogen-bond acceptors (Lipinski definition) is 5. The number of carboxylic acid groups (broad SMARTS) is 1. The Morgan fingerprint density at radius 2 is 1.93 bits per heavy atom. The van der Waals surface area contributed by atoms with Gasteiger partial charge in [0.05, 0.1) is 16.2 Å². The number of thioether (sulfide) groups is 1. The maximum absolute atomic E-state index is 13.1. The Kier molecular flexibility index (Phi) is 5.67. The zero-order valence-corrected chi connectivity index (χ0v) is 16.7. The number of carbonyl (C=O) groups is 3. The summed E-state index contributed by atoms with van der Waals surface area (Å²) in [5, 5.41) is 9.25. The molecule has 0 unspecified atom stereocenters. The fraction of sp³-hybridized carbons (Fsp3) is 0.368. The van der Waals surface area contributed by atoms with E-state index in [2.05, 4.69) is 6.92 Å². The van der Waals surface area contributed by atoms with Crippen LogP contribution in [0.3, 0.4) is 0 Å². The van der Waals surface area contributed by atoms with Crippen LogP contribution >= 0.6 is 24.0 Å². The third-order valence-corrected chi connectivity index (χ3v) is 6.08. The van der Waals surface area contributed by atoms with Gasteiger partial charge in [0, 0.05) is 12.1 Å². The van der Waals surface area contributed by atoms with Crippen LogP contribution in [0.5, 0.6) is 0 Å². The van der Waals surface area contributed by atoms with Gasteiger partial charge in [0.2, 0.25) is 0 Å². The lowest BCUT2D eigenvalue weighted by atomic mass is 10.1. The van der Waals surface area contributed by atoms with Crippen LogP contribution in [-0.4, -0.2) is 44.7 Å². The van der Waals surface area contributed by atoms with Crippen molar-refractivity contribution in [2.75, 3.05) is 11.4 Å². The summed E-state index contributed by atoms with van der Waals surface area (Å²) >= 11 is 6.22. The summed E-state index contributed by atoms with van der Waals surface area (Å²) in [6, 6.07) is 6.28. The van der Waals surface area contributed by atoms with E-state index in [0.717, 1.165) is 41.6 Å². The highest BCUT2D eigenvalue weighted by molar-refractivity contribution is 8.26. The second kappa shape index (κ2) is 7.82. The average molecular weight is 405 g/mol. The van der Waals surface area contributed by atoms with Crippen molar-refractivity contribution in [2.24, 2.45) is 0 Å². The van der Waals surface area contributed by atoms with Crippen LogP contribution in [0.1, 0.15) is 38.7 Å². The summed E-state index contributed by atoms with van der Waals surface area (Å²) in [4.78, 5) is 40.3. The van der Waals surface area contributed by atoms with Gasteiger partial charge in [0.1, 0.15) is 10.4 Å². The Balaban J connectivity index is 2.03. The van der Waals surface area contributed by atoms with Crippen LogP contribution in [0.2, 0.25) is 0 Å². The summed E-state index contributed by atoms with van der Waals surface area (Å²) in [5.41, 5.74) is 1.80. The van der Waals surface area contributed by atoms with Crippen molar-refractivity contribution in [1.82, 2.24) is 4.90 Å². The van der Waals surface area contributed by atoms with Crippen molar-refractivity contribution >= 4 is 57.3 Å². The predicted molar refractivity (Wildman–Crippen MR) is 109 cm³/mol. The van der Waals surface area contributed by atoms with Gasteiger partial charge >= 0.3 is 5.97 Å². The molecule has 1 aromatic rings. The number of aliphatic carboxylic acids is 1.